The Morgan fingerprint density at radius 3 is 1.76 bits per heavy atom. The van der Waals surface area contributed by atoms with Crippen LogP contribution in [0.1, 0.15) is 122 Å². The number of hydrogen-bond acceptors (Lipinski definition) is 6. The van der Waals surface area contributed by atoms with Gasteiger partial charge in [-0.3, -0.25) is 9.05 Å². The third-order valence-corrected chi connectivity index (χ3v) is 7.82. The van der Waals surface area contributed by atoms with E-state index in [0.717, 1.165) is 25.5 Å². The maximum atomic E-state index is 12.6. The average Bonchev–Trinajstić information content (AvgIpc) is 2.85. The molecule has 0 aliphatic carbocycles. The number of aldehydes is 1. The number of carbonyl (C=O) groups is 1. The van der Waals surface area contributed by atoms with E-state index in [4.69, 9.17) is 13.8 Å². The van der Waals surface area contributed by atoms with Crippen LogP contribution in [0.25, 0.3) is 0 Å². The van der Waals surface area contributed by atoms with Crippen molar-refractivity contribution < 1.29 is 37.6 Å². The van der Waals surface area contributed by atoms with Gasteiger partial charge in [0.1, 0.15) is 25.5 Å². The van der Waals surface area contributed by atoms with Crippen molar-refractivity contribution in [1.82, 2.24) is 0 Å². The summed E-state index contributed by atoms with van der Waals surface area (Å²) >= 11 is 0. The van der Waals surface area contributed by atoms with Gasteiger partial charge in [-0.15, -0.1) is 0 Å². The minimum absolute atomic E-state index is 0.0964. The Bertz CT molecular complexity index is 586. The zero-order valence-corrected chi connectivity index (χ0v) is 26.0. The zero-order valence-electron chi connectivity index (χ0n) is 25.1. The van der Waals surface area contributed by atoms with E-state index in [-0.39, 0.29) is 13.2 Å². The molecule has 0 aromatic rings. The zero-order chi connectivity index (χ0) is 28.5. The molecule has 0 fully saturated rings. The van der Waals surface area contributed by atoms with Crippen LogP contribution < -0.4 is 0 Å². The molecule has 9 heteroatoms. The summed E-state index contributed by atoms with van der Waals surface area (Å²) in [6, 6.07) is 0. The summed E-state index contributed by atoms with van der Waals surface area (Å²) in [4.78, 5) is 20.8. The van der Waals surface area contributed by atoms with E-state index in [1.165, 1.54) is 70.6 Å². The van der Waals surface area contributed by atoms with Gasteiger partial charge in [0.05, 0.1) is 33.9 Å². The third-order valence-electron chi connectivity index (χ3n) is 6.77. The van der Waals surface area contributed by atoms with Crippen molar-refractivity contribution in [1.29, 1.82) is 0 Å². The highest BCUT2D eigenvalue weighted by Gasteiger charge is 2.32. The van der Waals surface area contributed by atoms with Crippen LogP contribution >= 0.6 is 7.82 Å². The topological polar surface area (TPSA) is 102 Å². The maximum Gasteiger partial charge on any atom is 0.472 e. The number of likely N-dealkylation sites (N-methyl/N-ethyl adjacent to an activating group) is 1. The number of nitrogens with zero attached hydrogens (tertiary/aromatic N) is 1. The second kappa shape index (κ2) is 24.5. The van der Waals surface area contributed by atoms with Gasteiger partial charge in [-0.2, -0.15) is 0 Å². The van der Waals surface area contributed by atoms with Crippen molar-refractivity contribution in [2.24, 2.45) is 0 Å². The van der Waals surface area contributed by atoms with Gasteiger partial charge in [-0.05, 0) is 19.3 Å². The molecule has 0 radical (unpaired) electrons. The number of aliphatic hydroxyl groups excluding tert-OH is 1. The molecular weight excluding hydrogens is 505 g/mol. The minimum Gasteiger partial charge on any atom is -0.394 e. The van der Waals surface area contributed by atoms with Crippen LogP contribution in [0.3, 0.4) is 0 Å². The Labute approximate surface area is 234 Å². The van der Waals surface area contributed by atoms with Gasteiger partial charge in [-0.1, -0.05) is 96.8 Å². The van der Waals surface area contributed by atoms with Gasteiger partial charge in [0.15, 0.2) is 0 Å². The number of hydrogen-bond donors (Lipinski definition) is 2. The first-order valence-corrected chi connectivity index (χ1v) is 16.8. The van der Waals surface area contributed by atoms with E-state index < -0.39 is 20.0 Å². The van der Waals surface area contributed by atoms with Crippen LogP contribution in [-0.4, -0.2) is 80.5 Å². The van der Waals surface area contributed by atoms with Crippen LogP contribution in [0.4, 0.5) is 0 Å². The summed E-state index contributed by atoms with van der Waals surface area (Å²) < 4.78 is 29.8. The van der Waals surface area contributed by atoms with E-state index in [1.807, 2.05) is 21.1 Å². The average molecular weight is 567 g/mol. The fourth-order valence-electron chi connectivity index (χ4n) is 4.32. The summed E-state index contributed by atoms with van der Waals surface area (Å²) in [6.07, 6.45) is 19.4. The Balaban J connectivity index is 4.40. The van der Waals surface area contributed by atoms with Crippen LogP contribution in [0.5, 0.6) is 0 Å². The molecule has 0 aromatic carbocycles. The fraction of sp³-hybridized carbons (Fsp3) is 0.966. The first-order valence-electron chi connectivity index (χ1n) is 15.3. The van der Waals surface area contributed by atoms with E-state index in [9.17, 15) is 19.4 Å². The molecule has 0 saturated carbocycles. The Kier molecular flexibility index (Phi) is 24.2. The lowest BCUT2D eigenvalue weighted by atomic mass is 10.0. The van der Waals surface area contributed by atoms with Crippen LogP contribution in [0.2, 0.25) is 0 Å². The van der Waals surface area contributed by atoms with Crippen molar-refractivity contribution in [3.63, 3.8) is 0 Å². The third kappa shape index (κ3) is 24.7. The predicted molar refractivity (Wildman–Crippen MR) is 155 cm³/mol. The highest BCUT2D eigenvalue weighted by Crippen LogP contribution is 2.46. The number of ether oxygens (including phenoxy) is 1. The molecule has 0 rings (SSSR count). The van der Waals surface area contributed by atoms with E-state index in [2.05, 4.69) is 6.92 Å². The SMILES string of the molecule is CCCCCCCCCCCCCCCC[C@@H](OP(=O)(O)OCC[N+](C)(C)C)[C@H](CO)OCCCCC=O. The normalized spacial score (nSPS) is 15.3. The smallest absolute Gasteiger partial charge is 0.394 e. The molecule has 0 amide bonds. The summed E-state index contributed by atoms with van der Waals surface area (Å²) in [7, 11) is 1.64. The predicted octanol–water partition coefficient (Wildman–Crippen LogP) is 6.81. The Morgan fingerprint density at radius 1 is 0.763 bits per heavy atom. The lowest BCUT2D eigenvalue weighted by molar-refractivity contribution is -0.870. The molecule has 0 heterocycles. The molecule has 0 aromatic heterocycles. The van der Waals surface area contributed by atoms with Crippen molar-refractivity contribution >= 4 is 14.1 Å². The quantitative estimate of drug-likeness (QED) is 0.0444. The summed E-state index contributed by atoms with van der Waals surface area (Å²) in [5, 5.41) is 9.92. The number of phosphoric acid groups is 1. The second-order valence-corrected chi connectivity index (χ2v) is 13.0. The van der Waals surface area contributed by atoms with E-state index in [0.29, 0.717) is 43.3 Å². The van der Waals surface area contributed by atoms with E-state index >= 15 is 0 Å². The highest BCUT2D eigenvalue weighted by atomic mass is 31.2. The molecule has 0 aliphatic rings. The molecule has 1 unspecified atom stereocenters. The highest BCUT2D eigenvalue weighted by molar-refractivity contribution is 7.47. The van der Waals surface area contributed by atoms with Crippen molar-refractivity contribution in [3.05, 3.63) is 0 Å². The van der Waals surface area contributed by atoms with Crippen LogP contribution in [0.15, 0.2) is 0 Å². The summed E-state index contributed by atoms with van der Waals surface area (Å²) in [6.45, 7) is 2.96. The number of phosphoric ester groups is 1. The van der Waals surface area contributed by atoms with Crippen molar-refractivity contribution in [2.45, 2.75) is 135 Å². The van der Waals surface area contributed by atoms with Crippen molar-refractivity contribution in [2.75, 3.05) is 47.5 Å². The molecule has 228 valence electrons. The molecule has 2 N–H and O–H groups in total. The Hall–Kier alpha value is -0.340. The molecule has 38 heavy (non-hydrogen) atoms. The molecule has 0 spiro atoms. The summed E-state index contributed by atoms with van der Waals surface area (Å²) in [5.41, 5.74) is 0. The molecule has 8 nitrogen and oxygen atoms in total. The molecule has 3 atom stereocenters. The lowest BCUT2D eigenvalue weighted by Crippen LogP contribution is -2.38. The molecule has 0 bridgehead atoms. The largest absolute Gasteiger partial charge is 0.472 e. The number of aliphatic hydroxyl groups is 1. The second-order valence-electron chi connectivity index (χ2n) is 11.6. The molecule has 0 saturated heterocycles. The molecule has 0 aliphatic heterocycles. The number of carbonyl (C=O) groups excluding carboxylic acids is 1. The standard InChI is InChI=1S/C29H60NO7P/c1-5-6-7-8-9-10-11-12-13-14-15-16-17-19-22-28(29(27-32)35-25-21-18-20-24-31)37-38(33,34)36-26-23-30(2,3)4/h24,28-29,32H,5-23,25-27H2,1-4H3/p+1/t28-,29+/m1/s1. The van der Waals surface area contributed by atoms with Gasteiger partial charge < -0.3 is 24.0 Å². The van der Waals surface area contributed by atoms with Gasteiger partial charge in [0.25, 0.3) is 0 Å². The summed E-state index contributed by atoms with van der Waals surface area (Å²) in [5.74, 6) is 0. The lowest BCUT2D eigenvalue weighted by Gasteiger charge is -2.28. The number of quaternary nitrogens is 1. The first-order chi connectivity index (χ1) is 18.1. The van der Waals surface area contributed by atoms with E-state index in [1.54, 1.807) is 0 Å². The monoisotopic (exact) mass is 566 g/mol. The van der Waals surface area contributed by atoms with Gasteiger partial charge >= 0.3 is 7.82 Å². The van der Waals surface area contributed by atoms with Crippen LogP contribution in [-0.2, 0) is 23.1 Å². The maximum absolute atomic E-state index is 12.6. The number of unbranched alkanes of at least 4 members (excludes halogenated alkanes) is 15. The van der Waals surface area contributed by atoms with Crippen molar-refractivity contribution in [3.8, 4) is 0 Å². The Morgan fingerprint density at radius 2 is 1.29 bits per heavy atom. The van der Waals surface area contributed by atoms with Gasteiger partial charge in [0, 0.05) is 13.0 Å². The van der Waals surface area contributed by atoms with Crippen LogP contribution in [0, 0.1) is 0 Å². The van der Waals surface area contributed by atoms with Gasteiger partial charge in [0.2, 0.25) is 0 Å². The molecular formula is C29H61NO7P+. The number of rotatable bonds is 29. The first kappa shape index (κ1) is 37.7. The van der Waals surface area contributed by atoms with Gasteiger partial charge in [-0.25, -0.2) is 4.57 Å². The minimum atomic E-state index is -4.29. The fourth-order valence-corrected chi connectivity index (χ4v) is 5.28.